The van der Waals surface area contributed by atoms with Gasteiger partial charge in [-0.1, -0.05) is 109 Å². The standard InChI is InChI=1S/C50H29N5/c1-51-33-24-29-47-42(30-33)41-28-27-35(54-45-19-9-5-14-39(45)40-15-6-10-20-46(40)54)31-49(41)55(47)48-21-11-16-36(50(48)52-2)32-22-25-34(26-23-32)53-43-17-7-3-12-37(43)38-13-4-8-18-44(38)53/h3-31H. The van der Waals surface area contributed by atoms with Crippen LogP contribution in [0.3, 0.4) is 0 Å². The minimum atomic E-state index is 0.572. The number of nitrogens with zero attached hydrogens (tertiary/aromatic N) is 5. The highest BCUT2D eigenvalue weighted by Crippen LogP contribution is 2.43. The largest absolute Gasteiger partial charge is 0.319 e. The van der Waals surface area contributed by atoms with E-state index < -0.39 is 0 Å². The molecule has 0 aliphatic carbocycles. The molecule has 0 saturated heterocycles. The van der Waals surface area contributed by atoms with E-state index in [2.05, 4.69) is 163 Å². The van der Waals surface area contributed by atoms with Crippen molar-refractivity contribution in [2.75, 3.05) is 0 Å². The van der Waals surface area contributed by atoms with Crippen LogP contribution >= 0.6 is 0 Å². The maximum absolute atomic E-state index is 8.59. The van der Waals surface area contributed by atoms with E-state index in [-0.39, 0.29) is 0 Å². The Labute approximate surface area is 316 Å². The first-order valence-electron chi connectivity index (χ1n) is 18.3. The van der Waals surface area contributed by atoms with Crippen molar-refractivity contribution < 1.29 is 0 Å². The molecule has 0 spiro atoms. The van der Waals surface area contributed by atoms with Crippen molar-refractivity contribution in [1.82, 2.24) is 13.7 Å². The topological polar surface area (TPSA) is 23.5 Å². The first-order chi connectivity index (χ1) is 27.2. The average Bonchev–Trinajstić information content (AvgIpc) is 3.88. The third kappa shape index (κ3) is 4.45. The van der Waals surface area contributed by atoms with E-state index >= 15 is 0 Å². The van der Waals surface area contributed by atoms with Gasteiger partial charge in [0, 0.05) is 38.3 Å². The van der Waals surface area contributed by atoms with Gasteiger partial charge in [-0.15, -0.1) is 0 Å². The van der Waals surface area contributed by atoms with Crippen LogP contribution in [0.4, 0.5) is 11.4 Å². The summed E-state index contributed by atoms with van der Waals surface area (Å²) in [6.07, 6.45) is 0. The van der Waals surface area contributed by atoms with Crippen LogP contribution in [0.1, 0.15) is 0 Å². The number of para-hydroxylation sites is 5. The van der Waals surface area contributed by atoms with Crippen molar-refractivity contribution in [1.29, 1.82) is 0 Å². The van der Waals surface area contributed by atoms with E-state index in [0.717, 1.165) is 72.1 Å². The normalized spacial score (nSPS) is 11.6. The van der Waals surface area contributed by atoms with Crippen LogP contribution in [0.2, 0.25) is 0 Å². The summed E-state index contributed by atoms with van der Waals surface area (Å²) in [5.41, 5.74) is 12.4. The summed E-state index contributed by atoms with van der Waals surface area (Å²) in [7, 11) is 0. The van der Waals surface area contributed by atoms with Gasteiger partial charge in [0.25, 0.3) is 0 Å². The van der Waals surface area contributed by atoms with Crippen molar-refractivity contribution in [3.63, 3.8) is 0 Å². The predicted octanol–water partition coefficient (Wildman–Crippen LogP) is 13.7. The third-order valence-electron chi connectivity index (χ3n) is 11.1. The molecule has 0 aliphatic rings. The van der Waals surface area contributed by atoms with E-state index in [9.17, 15) is 0 Å². The van der Waals surface area contributed by atoms with Crippen LogP contribution in [0.5, 0.6) is 0 Å². The Morgan fingerprint density at radius 1 is 0.345 bits per heavy atom. The molecular weight excluding hydrogens is 671 g/mol. The fraction of sp³-hybridized carbons (Fsp3) is 0. The quantitative estimate of drug-likeness (QED) is 0.163. The highest BCUT2D eigenvalue weighted by atomic mass is 15.0. The lowest BCUT2D eigenvalue weighted by atomic mass is 10.0. The molecule has 0 saturated carbocycles. The fourth-order valence-corrected chi connectivity index (χ4v) is 8.72. The molecule has 8 aromatic carbocycles. The molecule has 0 fully saturated rings. The molecule has 0 radical (unpaired) electrons. The van der Waals surface area contributed by atoms with Crippen LogP contribution < -0.4 is 0 Å². The van der Waals surface area contributed by atoms with E-state index in [1.165, 1.54) is 21.5 Å². The molecule has 0 N–H and O–H groups in total. The number of benzene rings is 8. The van der Waals surface area contributed by atoms with Gasteiger partial charge in [-0.05, 0) is 83.2 Å². The second kappa shape index (κ2) is 11.8. The van der Waals surface area contributed by atoms with Gasteiger partial charge in [-0.25, -0.2) is 9.69 Å². The molecule has 3 aromatic heterocycles. The first-order valence-corrected chi connectivity index (χ1v) is 18.3. The minimum Gasteiger partial charge on any atom is -0.319 e. The average molecular weight is 700 g/mol. The van der Waals surface area contributed by atoms with Gasteiger partial charge in [-0.3, -0.25) is 0 Å². The molecule has 0 atom stereocenters. The van der Waals surface area contributed by atoms with Gasteiger partial charge < -0.3 is 13.7 Å². The SMILES string of the molecule is [C-]#[N+]c1ccc2c(c1)c1ccc(-n3c4ccccc4c4ccccc43)cc1n2-c1cccc(-c2ccc(-n3c4ccccc4c4ccccc43)cc2)c1[N+]#[C-]. The van der Waals surface area contributed by atoms with Gasteiger partial charge >= 0.3 is 0 Å². The lowest BCUT2D eigenvalue weighted by molar-refractivity contribution is 1.16. The van der Waals surface area contributed by atoms with Crippen LogP contribution in [0.15, 0.2) is 176 Å². The summed E-state index contributed by atoms with van der Waals surface area (Å²) in [6, 6.07) is 61.2. The predicted molar refractivity (Wildman–Crippen MR) is 227 cm³/mol. The second-order valence-electron chi connectivity index (χ2n) is 13.9. The summed E-state index contributed by atoms with van der Waals surface area (Å²) >= 11 is 0. The molecule has 254 valence electrons. The van der Waals surface area contributed by atoms with Gasteiger partial charge in [0.05, 0.1) is 51.9 Å². The molecule has 5 heteroatoms. The molecule has 0 bridgehead atoms. The lowest BCUT2D eigenvalue weighted by Gasteiger charge is -2.15. The zero-order chi connectivity index (χ0) is 36.6. The van der Waals surface area contributed by atoms with Gasteiger partial charge in [0.15, 0.2) is 5.69 Å². The molecule has 0 amide bonds. The first kappa shape index (κ1) is 30.7. The van der Waals surface area contributed by atoms with Crippen LogP contribution in [0.25, 0.3) is 103 Å². The van der Waals surface area contributed by atoms with Gasteiger partial charge in [0.1, 0.15) is 0 Å². The zero-order valence-corrected chi connectivity index (χ0v) is 29.5. The molecular formula is C50H29N5. The van der Waals surface area contributed by atoms with E-state index in [1.54, 1.807) is 0 Å². The maximum Gasteiger partial charge on any atom is 0.218 e. The van der Waals surface area contributed by atoms with Crippen molar-refractivity contribution in [2.24, 2.45) is 0 Å². The van der Waals surface area contributed by atoms with Crippen LogP contribution in [-0.2, 0) is 0 Å². The molecule has 0 aliphatic heterocycles. The summed E-state index contributed by atoms with van der Waals surface area (Å²) in [4.78, 5) is 8.00. The summed E-state index contributed by atoms with van der Waals surface area (Å²) < 4.78 is 6.84. The van der Waals surface area contributed by atoms with Crippen molar-refractivity contribution >= 4 is 76.8 Å². The molecule has 5 nitrogen and oxygen atoms in total. The summed E-state index contributed by atoms with van der Waals surface area (Å²) in [5.74, 6) is 0. The van der Waals surface area contributed by atoms with Gasteiger partial charge in [0.2, 0.25) is 5.69 Å². The summed E-state index contributed by atoms with van der Waals surface area (Å²) in [5, 5.41) is 6.86. The number of rotatable bonds is 4. The maximum atomic E-state index is 8.59. The summed E-state index contributed by atoms with van der Waals surface area (Å²) in [6.45, 7) is 16.4. The molecule has 0 unspecified atom stereocenters. The Morgan fingerprint density at radius 3 is 1.42 bits per heavy atom. The Morgan fingerprint density at radius 2 is 0.855 bits per heavy atom. The fourth-order valence-electron chi connectivity index (χ4n) is 8.72. The highest BCUT2D eigenvalue weighted by molar-refractivity contribution is 6.13. The van der Waals surface area contributed by atoms with Crippen molar-refractivity contribution in [2.45, 2.75) is 0 Å². The monoisotopic (exact) mass is 699 g/mol. The molecule has 11 rings (SSSR count). The van der Waals surface area contributed by atoms with E-state index in [0.29, 0.717) is 11.4 Å². The van der Waals surface area contributed by atoms with E-state index in [4.69, 9.17) is 13.1 Å². The van der Waals surface area contributed by atoms with Gasteiger partial charge in [-0.2, -0.15) is 0 Å². The Balaban J connectivity index is 1.12. The number of aromatic nitrogens is 3. The van der Waals surface area contributed by atoms with Crippen molar-refractivity contribution in [3.8, 4) is 28.2 Å². The molecule has 3 heterocycles. The number of hydrogen-bond donors (Lipinski definition) is 0. The van der Waals surface area contributed by atoms with Crippen LogP contribution in [0, 0.1) is 13.1 Å². The Bertz CT molecular complexity index is 3350. The smallest absolute Gasteiger partial charge is 0.218 e. The third-order valence-corrected chi connectivity index (χ3v) is 11.1. The molecule has 55 heavy (non-hydrogen) atoms. The van der Waals surface area contributed by atoms with Crippen molar-refractivity contribution in [3.05, 3.63) is 199 Å². The Hall–Kier alpha value is -7.86. The number of hydrogen-bond acceptors (Lipinski definition) is 0. The number of fused-ring (bicyclic) bond motifs is 9. The second-order valence-corrected chi connectivity index (χ2v) is 13.9. The highest BCUT2D eigenvalue weighted by Gasteiger charge is 2.20. The van der Waals surface area contributed by atoms with E-state index in [1.807, 2.05) is 36.4 Å². The molecule has 11 aromatic rings. The van der Waals surface area contributed by atoms with Crippen LogP contribution in [-0.4, -0.2) is 13.7 Å². The zero-order valence-electron chi connectivity index (χ0n) is 29.5. The Kier molecular flexibility index (Phi) is 6.61. The lowest BCUT2D eigenvalue weighted by Crippen LogP contribution is -1.98. The minimum absolute atomic E-state index is 0.572.